The summed E-state index contributed by atoms with van der Waals surface area (Å²) >= 11 is 0. The molecule has 2 rings (SSSR count). The van der Waals surface area contributed by atoms with E-state index in [2.05, 4.69) is 25.4 Å². The quantitative estimate of drug-likeness (QED) is 0.315. The van der Waals surface area contributed by atoms with Gasteiger partial charge in [-0.1, -0.05) is 6.07 Å². The van der Waals surface area contributed by atoms with Gasteiger partial charge in [0.2, 0.25) is 5.91 Å². The smallest absolute Gasteiger partial charge is 0.335 e. The lowest BCUT2D eigenvalue weighted by Crippen LogP contribution is -2.53. The van der Waals surface area contributed by atoms with E-state index in [-0.39, 0.29) is 17.5 Å². The first-order valence-electron chi connectivity index (χ1n) is 10.3. The Labute approximate surface area is 178 Å². The number of amides is 1. The minimum absolute atomic E-state index is 0.0375. The number of nitrogens with one attached hydrogen (secondary N) is 2. The van der Waals surface area contributed by atoms with Crippen LogP contribution in [0.3, 0.4) is 0 Å². The van der Waals surface area contributed by atoms with Crippen molar-refractivity contribution in [2.24, 2.45) is 4.99 Å². The summed E-state index contributed by atoms with van der Waals surface area (Å²) in [6, 6.07) is 6.82. The number of nitrogens with zero attached hydrogens (tertiary/aromatic N) is 3. The van der Waals surface area contributed by atoms with Crippen LogP contribution in [-0.2, 0) is 9.53 Å². The molecule has 9 heteroatoms. The van der Waals surface area contributed by atoms with Gasteiger partial charge in [0.1, 0.15) is 0 Å². The molecule has 0 spiro atoms. The molecule has 0 saturated carbocycles. The second-order valence-corrected chi connectivity index (χ2v) is 7.55. The largest absolute Gasteiger partial charge is 0.478 e. The summed E-state index contributed by atoms with van der Waals surface area (Å²) < 4.78 is 5.09. The third-order valence-corrected chi connectivity index (χ3v) is 4.62. The third-order valence-electron chi connectivity index (χ3n) is 4.62. The Balaban J connectivity index is 2.01. The maximum Gasteiger partial charge on any atom is 0.335 e. The van der Waals surface area contributed by atoms with E-state index < -0.39 is 5.97 Å². The molecule has 30 heavy (non-hydrogen) atoms. The first-order chi connectivity index (χ1) is 14.4. The molecule has 1 aliphatic rings. The number of carbonyl (C=O) groups excluding carboxylic acids is 1. The first kappa shape index (κ1) is 23.6. The molecule has 0 atom stereocenters. The van der Waals surface area contributed by atoms with Gasteiger partial charge in [-0.25, -0.2) is 4.79 Å². The average molecular weight is 420 g/mol. The number of rotatable bonds is 9. The molecule has 0 bridgehead atoms. The Morgan fingerprint density at radius 2 is 1.97 bits per heavy atom. The Hall–Kier alpha value is -2.65. The molecule has 0 aromatic heterocycles. The standard InChI is InChI=1S/C21H33N5O4/c1-16(2)23-19(27)15-25-9-11-26(12-10-25)21(22-8-5-13-30-3)24-18-7-4-6-17(14-18)20(28)29/h4,6-7,14,16H,5,8-13,15H2,1-3H3,(H,22,24)(H,23,27)(H,28,29). The molecule has 0 radical (unpaired) electrons. The lowest BCUT2D eigenvalue weighted by molar-refractivity contribution is -0.123. The summed E-state index contributed by atoms with van der Waals surface area (Å²) in [5, 5.41) is 15.4. The topological polar surface area (TPSA) is 106 Å². The Morgan fingerprint density at radius 1 is 1.23 bits per heavy atom. The normalized spacial score (nSPS) is 15.3. The number of aromatic carboxylic acids is 1. The molecule has 166 valence electrons. The van der Waals surface area contributed by atoms with E-state index in [1.54, 1.807) is 25.3 Å². The Morgan fingerprint density at radius 3 is 2.60 bits per heavy atom. The molecule has 1 amide bonds. The summed E-state index contributed by atoms with van der Waals surface area (Å²) in [5.41, 5.74) is 0.902. The van der Waals surface area contributed by atoms with Gasteiger partial charge in [0, 0.05) is 58.2 Å². The highest BCUT2D eigenvalue weighted by atomic mass is 16.5. The molecule has 1 saturated heterocycles. The van der Waals surface area contributed by atoms with Gasteiger partial charge in [0.15, 0.2) is 5.96 Å². The minimum Gasteiger partial charge on any atom is -0.478 e. The van der Waals surface area contributed by atoms with Gasteiger partial charge in [-0.15, -0.1) is 0 Å². The summed E-state index contributed by atoms with van der Waals surface area (Å²) in [5.74, 6) is -0.221. The number of anilines is 1. The SMILES string of the molecule is COCCCN=C(Nc1cccc(C(=O)O)c1)N1CCN(CC(=O)NC(C)C)CC1. The molecule has 1 aromatic carbocycles. The monoisotopic (exact) mass is 419 g/mol. The highest BCUT2D eigenvalue weighted by Gasteiger charge is 2.22. The van der Waals surface area contributed by atoms with Gasteiger partial charge in [-0.3, -0.25) is 14.7 Å². The Kier molecular flexibility index (Phi) is 9.56. The van der Waals surface area contributed by atoms with Crippen molar-refractivity contribution in [2.45, 2.75) is 26.3 Å². The van der Waals surface area contributed by atoms with Gasteiger partial charge < -0.3 is 25.4 Å². The second-order valence-electron chi connectivity index (χ2n) is 7.55. The van der Waals surface area contributed by atoms with Crippen molar-refractivity contribution in [3.05, 3.63) is 29.8 Å². The number of aliphatic imine (C=N–C) groups is 1. The van der Waals surface area contributed by atoms with Crippen molar-refractivity contribution in [1.82, 2.24) is 15.1 Å². The lowest BCUT2D eigenvalue weighted by Gasteiger charge is -2.36. The van der Waals surface area contributed by atoms with Crippen LogP contribution >= 0.6 is 0 Å². The fraction of sp³-hybridized carbons (Fsp3) is 0.571. The van der Waals surface area contributed by atoms with Gasteiger partial charge in [0.05, 0.1) is 12.1 Å². The van der Waals surface area contributed by atoms with Crippen molar-refractivity contribution >= 4 is 23.5 Å². The number of carboxylic acid groups (broad SMARTS) is 1. The minimum atomic E-state index is -0.967. The van der Waals surface area contributed by atoms with Crippen LogP contribution in [0.15, 0.2) is 29.3 Å². The number of hydrogen-bond acceptors (Lipinski definition) is 5. The number of piperazine rings is 1. The van der Waals surface area contributed by atoms with Crippen molar-refractivity contribution in [3.63, 3.8) is 0 Å². The van der Waals surface area contributed by atoms with Gasteiger partial charge in [-0.2, -0.15) is 0 Å². The fourth-order valence-electron chi connectivity index (χ4n) is 3.16. The van der Waals surface area contributed by atoms with Crippen LogP contribution in [0.2, 0.25) is 0 Å². The number of methoxy groups -OCH3 is 1. The van der Waals surface area contributed by atoms with Crippen molar-refractivity contribution in [1.29, 1.82) is 0 Å². The lowest BCUT2D eigenvalue weighted by atomic mass is 10.2. The molecule has 1 fully saturated rings. The van der Waals surface area contributed by atoms with E-state index in [9.17, 15) is 14.7 Å². The molecule has 1 aliphatic heterocycles. The van der Waals surface area contributed by atoms with Crippen LogP contribution in [0.4, 0.5) is 5.69 Å². The average Bonchev–Trinajstić information content (AvgIpc) is 2.70. The number of guanidine groups is 1. The molecule has 9 nitrogen and oxygen atoms in total. The van der Waals surface area contributed by atoms with Crippen molar-refractivity contribution in [3.8, 4) is 0 Å². The van der Waals surface area contributed by atoms with Crippen LogP contribution < -0.4 is 10.6 Å². The predicted molar refractivity (Wildman–Crippen MR) is 117 cm³/mol. The van der Waals surface area contributed by atoms with Crippen molar-refractivity contribution in [2.75, 3.05) is 58.3 Å². The van der Waals surface area contributed by atoms with Gasteiger partial charge in [0.25, 0.3) is 0 Å². The zero-order valence-electron chi connectivity index (χ0n) is 18.1. The van der Waals surface area contributed by atoms with E-state index in [0.717, 1.165) is 32.6 Å². The summed E-state index contributed by atoms with van der Waals surface area (Å²) in [6.45, 7) is 8.48. The summed E-state index contributed by atoms with van der Waals surface area (Å²) in [6.07, 6.45) is 0.798. The van der Waals surface area contributed by atoms with E-state index in [4.69, 9.17) is 4.74 Å². The highest BCUT2D eigenvalue weighted by Crippen LogP contribution is 2.13. The van der Waals surface area contributed by atoms with Crippen LogP contribution in [0.5, 0.6) is 0 Å². The number of carboxylic acids is 1. The molecule has 1 heterocycles. The number of carbonyl (C=O) groups is 2. The zero-order valence-corrected chi connectivity index (χ0v) is 18.1. The highest BCUT2D eigenvalue weighted by molar-refractivity contribution is 5.95. The first-order valence-corrected chi connectivity index (χ1v) is 10.3. The van der Waals surface area contributed by atoms with Gasteiger partial charge in [-0.05, 0) is 38.5 Å². The van der Waals surface area contributed by atoms with Crippen LogP contribution in [0, 0.1) is 0 Å². The summed E-state index contributed by atoms with van der Waals surface area (Å²) in [7, 11) is 1.66. The fourth-order valence-corrected chi connectivity index (χ4v) is 3.16. The van der Waals surface area contributed by atoms with E-state index in [0.29, 0.717) is 31.3 Å². The zero-order chi connectivity index (χ0) is 21.9. The van der Waals surface area contributed by atoms with Crippen LogP contribution in [0.25, 0.3) is 0 Å². The maximum absolute atomic E-state index is 12.0. The molecule has 1 aromatic rings. The number of benzene rings is 1. The van der Waals surface area contributed by atoms with Gasteiger partial charge >= 0.3 is 5.97 Å². The second kappa shape index (κ2) is 12.1. The molecular weight excluding hydrogens is 386 g/mol. The van der Waals surface area contributed by atoms with E-state index in [1.165, 1.54) is 0 Å². The molecule has 3 N–H and O–H groups in total. The van der Waals surface area contributed by atoms with E-state index in [1.807, 2.05) is 19.9 Å². The van der Waals surface area contributed by atoms with Crippen LogP contribution in [-0.4, -0.2) is 91.8 Å². The van der Waals surface area contributed by atoms with E-state index >= 15 is 0 Å². The van der Waals surface area contributed by atoms with Crippen LogP contribution in [0.1, 0.15) is 30.6 Å². The third kappa shape index (κ3) is 8.00. The molecule has 0 unspecified atom stereocenters. The number of hydrogen-bond donors (Lipinski definition) is 3. The van der Waals surface area contributed by atoms with Crippen molar-refractivity contribution < 1.29 is 19.4 Å². The molecular formula is C21H33N5O4. The summed E-state index contributed by atoms with van der Waals surface area (Å²) in [4.78, 5) is 32.2. The predicted octanol–water partition coefficient (Wildman–Crippen LogP) is 1.33. The molecule has 0 aliphatic carbocycles. The Bertz CT molecular complexity index is 730. The number of ether oxygens (including phenoxy) is 1. The maximum atomic E-state index is 12.0.